The first-order valence-corrected chi connectivity index (χ1v) is 10.6. The Labute approximate surface area is 194 Å². The highest BCUT2D eigenvalue weighted by atomic mass is 16.6. The summed E-state index contributed by atoms with van der Waals surface area (Å²) in [6.07, 6.45) is 0.729. The predicted octanol–water partition coefficient (Wildman–Crippen LogP) is 3.20. The first-order chi connectivity index (χ1) is 16.4. The number of aromatic nitrogens is 3. The number of carbonyl (C=O) groups excluding carboxylic acids is 1. The molecule has 0 radical (unpaired) electrons. The Morgan fingerprint density at radius 3 is 2.65 bits per heavy atom. The van der Waals surface area contributed by atoms with Gasteiger partial charge in [0.15, 0.2) is 17.3 Å². The van der Waals surface area contributed by atoms with Gasteiger partial charge in [0.1, 0.15) is 6.04 Å². The van der Waals surface area contributed by atoms with E-state index in [0.717, 1.165) is 5.56 Å². The van der Waals surface area contributed by atoms with E-state index < -0.39 is 11.0 Å². The summed E-state index contributed by atoms with van der Waals surface area (Å²) in [5.74, 6) is 1.27. The van der Waals surface area contributed by atoms with E-state index >= 15 is 0 Å². The molecule has 174 valence electrons. The van der Waals surface area contributed by atoms with Gasteiger partial charge in [-0.3, -0.25) is 14.9 Å². The predicted molar refractivity (Wildman–Crippen MR) is 123 cm³/mol. The molecule has 2 atom stereocenters. The average Bonchev–Trinajstić information content (AvgIpc) is 3.21. The standard InChI is InChI=1S/C23H22N6O5/c1-33-18-8-7-12(11-19(18)34-2)13-9-15-20(17(30)10-13)21(28-23(25-15)26-22(24)27-28)14-5-3-4-6-16(14)29(31)32/h3-8,11,13,21H,9-10H2,1-2H3,(H3,24,25,26,27)/t13-,21+/m1/s1. The second-order valence-electron chi connectivity index (χ2n) is 8.12. The monoisotopic (exact) mass is 462 g/mol. The van der Waals surface area contributed by atoms with Crippen molar-refractivity contribution in [2.24, 2.45) is 0 Å². The molecule has 0 bridgehead atoms. The normalized spacial score (nSPS) is 19.2. The molecular formula is C23H22N6O5. The van der Waals surface area contributed by atoms with E-state index in [2.05, 4.69) is 15.4 Å². The smallest absolute Gasteiger partial charge is 0.275 e. The van der Waals surface area contributed by atoms with Crippen LogP contribution in [-0.2, 0) is 4.79 Å². The van der Waals surface area contributed by atoms with Gasteiger partial charge in [0, 0.05) is 23.8 Å². The molecule has 0 saturated heterocycles. The highest BCUT2D eigenvalue weighted by molar-refractivity contribution is 6.00. The second kappa shape index (κ2) is 8.18. The molecular weight excluding hydrogens is 440 g/mol. The fourth-order valence-electron chi connectivity index (χ4n) is 4.74. The molecule has 0 unspecified atom stereocenters. The number of methoxy groups -OCH3 is 2. The molecule has 2 heterocycles. The fraction of sp³-hybridized carbons (Fsp3) is 0.261. The molecule has 2 aliphatic rings. The number of ether oxygens (including phenoxy) is 2. The van der Waals surface area contributed by atoms with Crippen LogP contribution in [0.1, 0.15) is 35.9 Å². The van der Waals surface area contributed by atoms with Crippen LogP contribution in [0.25, 0.3) is 0 Å². The van der Waals surface area contributed by atoms with Gasteiger partial charge in [0.05, 0.1) is 24.7 Å². The van der Waals surface area contributed by atoms with Crippen LogP contribution in [0.5, 0.6) is 11.5 Å². The lowest BCUT2D eigenvalue weighted by Crippen LogP contribution is -2.34. The molecule has 0 amide bonds. The summed E-state index contributed by atoms with van der Waals surface area (Å²) >= 11 is 0. The largest absolute Gasteiger partial charge is 0.493 e. The minimum absolute atomic E-state index is 0.00909. The first kappa shape index (κ1) is 21.4. The van der Waals surface area contributed by atoms with E-state index in [1.165, 1.54) is 10.7 Å². The Bertz CT molecular complexity index is 1350. The number of fused-ring (bicyclic) bond motifs is 1. The van der Waals surface area contributed by atoms with Crippen LogP contribution in [0, 0.1) is 10.1 Å². The number of nitrogens with zero attached hydrogens (tertiary/aromatic N) is 4. The number of anilines is 2. The number of allylic oxidation sites excluding steroid dienone is 2. The highest BCUT2D eigenvalue weighted by Gasteiger charge is 2.42. The zero-order valence-electron chi connectivity index (χ0n) is 18.5. The van der Waals surface area contributed by atoms with Crippen molar-refractivity contribution >= 4 is 23.4 Å². The number of ketones is 1. The van der Waals surface area contributed by atoms with Crippen LogP contribution in [-0.4, -0.2) is 39.7 Å². The Kier molecular flexibility index (Phi) is 5.16. The zero-order valence-corrected chi connectivity index (χ0v) is 18.5. The van der Waals surface area contributed by atoms with Gasteiger partial charge in [0.2, 0.25) is 11.9 Å². The molecule has 11 heteroatoms. The number of hydrogen-bond acceptors (Lipinski definition) is 9. The number of nitrogens with one attached hydrogen (secondary N) is 1. The van der Waals surface area contributed by atoms with Crippen molar-refractivity contribution in [2.75, 3.05) is 25.3 Å². The van der Waals surface area contributed by atoms with E-state index in [4.69, 9.17) is 15.2 Å². The van der Waals surface area contributed by atoms with Crippen LogP contribution in [0.3, 0.4) is 0 Å². The van der Waals surface area contributed by atoms with Crippen LogP contribution in [0.2, 0.25) is 0 Å². The molecule has 0 fully saturated rings. The third-order valence-corrected chi connectivity index (χ3v) is 6.24. The topological polar surface area (TPSA) is 147 Å². The van der Waals surface area contributed by atoms with E-state index in [0.29, 0.717) is 40.7 Å². The molecule has 3 aromatic rings. The Balaban J connectivity index is 1.61. The molecule has 5 rings (SSSR count). The Morgan fingerprint density at radius 2 is 1.91 bits per heavy atom. The van der Waals surface area contributed by atoms with E-state index in [1.807, 2.05) is 18.2 Å². The quantitative estimate of drug-likeness (QED) is 0.431. The van der Waals surface area contributed by atoms with Gasteiger partial charge in [0.25, 0.3) is 5.69 Å². The van der Waals surface area contributed by atoms with Gasteiger partial charge in [-0.2, -0.15) is 4.98 Å². The molecule has 1 aliphatic heterocycles. The minimum Gasteiger partial charge on any atom is -0.493 e. The van der Waals surface area contributed by atoms with Gasteiger partial charge < -0.3 is 20.5 Å². The molecule has 34 heavy (non-hydrogen) atoms. The summed E-state index contributed by atoms with van der Waals surface area (Å²) < 4.78 is 12.2. The SMILES string of the molecule is COc1ccc([C@H]2CC(=O)C3=C(C2)Nc2nc(N)nn2[C@H]3c2ccccc2[N+](=O)[O-])cc1OC. The number of nitrogen functional groups attached to an aromatic ring is 1. The first-order valence-electron chi connectivity index (χ1n) is 10.6. The maximum atomic E-state index is 13.6. The lowest BCUT2D eigenvalue weighted by atomic mass is 9.77. The van der Waals surface area contributed by atoms with Gasteiger partial charge in [-0.05, 0) is 36.1 Å². The third-order valence-electron chi connectivity index (χ3n) is 6.24. The summed E-state index contributed by atoms with van der Waals surface area (Å²) in [6, 6.07) is 11.1. The summed E-state index contributed by atoms with van der Waals surface area (Å²) in [5.41, 5.74) is 8.11. The molecule has 1 aromatic heterocycles. The number of benzene rings is 2. The molecule has 11 nitrogen and oxygen atoms in total. The van der Waals surface area contributed by atoms with Crippen molar-refractivity contribution in [1.82, 2.24) is 14.8 Å². The van der Waals surface area contributed by atoms with Crippen LogP contribution in [0.4, 0.5) is 17.6 Å². The van der Waals surface area contributed by atoms with Crippen LogP contribution < -0.4 is 20.5 Å². The van der Waals surface area contributed by atoms with Crippen molar-refractivity contribution < 1.29 is 19.2 Å². The number of nitrogens with two attached hydrogens (primary N) is 1. The van der Waals surface area contributed by atoms with Crippen molar-refractivity contribution in [1.29, 1.82) is 0 Å². The maximum Gasteiger partial charge on any atom is 0.275 e. The van der Waals surface area contributed by atoms with Gasteiger partial charge in [-0.25, -0.2) is 4.68 Å². The third kappa shape index (κ3) is 3.41. The number of hydrogen-bond donors (Lipinski definition) is 2. The zero-order chi connectivity index (χ0) is 24.0. The number of nitro benzene ring substituents is 1. The highest BCUT2D eigenvalue weighted by Crippen LogP contribution is 2.46. The number of Topliss-reactive ketones (excluding diaryl/α,β-unsaturated/α-hetero) is 1. The number of rotatable bonds is 5. The fourth-order valence-corrected chi connectivity index (χ4v) is 4.74. The molecule has 0 spiro atoms. The lowest BCUT2D eigenvalue weighted by Gasteiger charge is -2.35. The summed E-state index contributed by atoms with van der Waals surface area (Å²) in [4.78, 5) is 29.1. The van der Waals surface area contributed by atoms with Crippen molar-refractivity contribution in [3.05, 3.63) is 75.0 Å². The number of para-hydroxylation sites is 1. The lowest BCUT2D eigenvalue weighted by molar-refractivity contribution is -0.385. The van der Waals surface area contributed by atoms with Gasteiger partial charge >= 0.3 is 0 Å². The summed E-state index contributed by atoms with van der Waals surface area (Å²) in [6.45, 7) is 0. The van der Waals surface area contributed by atoms with Gasteiger partial charge in [-0.15, -0.1) is 5.10 Å². The second-order valence-corrected chi connectivity index (χ2v) is 8.12. The van der Waals surface area contributed by atoms with E-state index in [1.54, 1.807) is 32.4 Å². The summed E-state index contributed by atoms with van der Waals surface area (Å²) in [7, 11) is 3.13. The van der Waals surface area contributed by atoms with Crippen LogP contribution >= 0.6 is 0 Å². The van der Waals surface area contributed by atoms with E-state index in [-0.39, 0.29) is 29.8 Å². The minimum atomic E-state index is -0.809. The molecule has 0 saturated carbocycles. The van der Waals surface area contributed by atoms with Gasteiger partial charge in [-0.1, -0.05) is 18.2 Å². The number of nitro groups is 1. The van der Waals surface area contributed by atoms with Crippen molar-refractivity contribution in [2.45, 2.75) is 24.8 Å². The maximum absolute atomic E-state index is 13.6. The van der Waals surface area contributed by atoms with E-state index in [9.17, 15) is 14.9 Å². The Morgan fingerprint density at radius 1 is 1.15 bits per heavy atom. The molecule has 3 N–H and O–H groups in total. The summed E-state index contributed by atoms with van der Waals surface area (Å²) in [5, 5.41) is 19.2. The number of carbonyl (C=O) groups is 1. The molecule has 2 aromatic carbocycles. The average molecular weight is 462 g/mol. The van der Waals surface area contributed by atoms with Crippen molar-refractivity contribution in [3.8, 4) is 11.5 Å². The van der Waals surface area contributed by atoms with Crippen LogP contribution in [0.15, 0.2) is 53.7 Å². The Hall–Kier alpha value is -4.41. The van der Waals surface area contributed by atoms with Crippen molar-refractivity contribution in [3.63, 3.8) is 0 Å². The molecule has 1 aliphatic carbocycles.